The number of hydrogen-bond donors (Lipinski definition) is 0. The van der Waals surface area contributed by atoms with Crippen LogP contribution in [0.5, 0.6) is 0 Å². The van der Waals surface area contributed by atoms with Gasteiger partial charge in [0.05, 0.1) is 17.9 Å². The lowest BCUT2D eigenvalue weighted by Gasteiger charge is -2.12. The van der Waals surface area contributed by atoms with E-state index in [1.807, 2.05) is 0 Å². The number of nitrogens with zero attached hydrogens (tertiary/aromatic N) is 1. The highest BCUT2D eigenvalue weighted by molar-refractivity contribution is 7.91. The van der Waals surface area contributed by atoms with Crippen LogP contribution in [0.3, 0.4) is 0 Å². The van der Waals surface area contributed by atoms with Crippen LogP contribution >= 0.6 is 0 Å². The molecule has 0 aromatic heterocycles. The molecule has 7 nitrogen and oxygen atoms in total. The molecule has 0 aliphatic carbocycles. The Hall–Kier alpha value is -1.70. The van der Waals surface area contributed by atoms with Crippen molar-refractivity contribution in [3.05, 3.63) is 12.7 Å². The maximum Gasteiger partial charge on any atom is 0.334 e. The molecule has 1 fully saturated rings. The monoisotopic (exact) mass is 275 g/mol. The first-order chi connectivity index (χ1) is 8.35. The summed E-state index contributed by atoms with van der Waals surface area (Å²) >= 11 is 0. The highest BCUT2D eigenvalue weighted by Crippen LogP contribution is 2.12. The van der Waals surface area contributed by atoms with Gasteiger partial charge in [-0.2, -0.15) is 0 Å². The summed E-state index contributed by atoms with van der Waals surface area (Å²) < 4.78 is 22.5. The second kappa shape index (κ2) is 5.76. The SMILES string of the molecule is C=CCS(=O)(=O)CCC(=O)ON1C(=O)CCC1=O. The van der Waals surface area contributed by atoms with Crippen molar-refractivity contribution in [1.82, 2.24) is 5.06 Å². The molecule has 1 heterocycles. The fourth-order valence-electron chi connectivity index (χ4n) is 1.31. The summed E-state index contributed by atoms with van der Waals surface area (Å²) in [5.41, 5.74) is 0. The Balaban J connectivity index is 2.45. The van der Waals surface area contributed by atoms with Gasteiger partial charge in [0, 0.05) is 12.8 Å². The zero-order chi connectivity index (χ0) is 13.8. The fourth-order valence-corrected chi connectivity index (χ4v) is 2.31. The minimum Gasteiger partial charge on any atom is -0.330 e. The zero-order valence-electron chi connectivity index (χ0n) is 9.62. The van der Waals surface area contributed by atoms with E-state index in [0.717, 1.165) is 0 Å². The van der Waals surface area contributed by atoms with Crippen molar-refractivity contribution in [3.63, 3.8) is 0 Å². The number of hydrogen-bond acceptors (Lipinski definition) is 6. The minimum atomic E-state index is -3.39. The van der Waals surface area contributed by atoms with Crippen LogP contribution in [-0.2, 0) is 29.1 Å². The lowest BCUT2D eigenvalue weighted by atomic mass is 10.4. The van der Waals surface area contributed by atoms with E-state index in [1.165, 1.54) is 6.08 Å². The molecular weight excluding hydrogens is 262 g/mol. The maximum atomic E-state index is 11.3. The standard InChI is InChI=1S/C10H13NO6S/c1-2-6-18(15,16)7-5-10(14)17-11-8(12)3-4-9(11)13/h2H,1,3-7H2. The third kappa shape index (κ3) is 3.95. The summed E-state index contributed by atoms with van der Waals surface area (Å²) in [7, 11) is -3.39. The van der Waals surface area contributed by atoms with Gasteiger partial charge in [-0.15, -0.1) is 11.6 Å². The van der Waals surface area contributed by atoms with E-state index in [1.54, 1.807) is 0 Å². The van der Waals surface area contributed by atoms with Gasteiger partial charge in [0.1, 0.15) is 0 Å². The summed E-state index contributed by atoms with van der Waals surface area (Å²) in [6.45, 7) is 3.28. The molecule has 0 radical (unpaired) electrons. The first-order valence-electron chi connectivity index (χ1n) is 5.23. The number of rotatable bonds is 6. The van der Waals surface area contributed by atoms with Gasteiger partial charge in [0.25, 0.3) is 11.8 Å². The molecule has 0 aromatic carbocycles. The lowest BCUT2D eigenvalue weighted by Crippen LogP contribution is -2.32. The van der Waals surface area contributed by atoms with Gasteiger partial charge in [-0.25, -0.2) is 13.2 Å². The quantitative estimate of drug-likeness (QED) is 0.482. The molecule has 100 valence electrons. The zero-order valence-corrected chi connectivity index (χ0v) is 10.4. The molecule has 8 heteroatoms. The third-order valence-electron chi connectivity index (χ3n) is 2.19. The average Bonchev–Trinajstić information content (AvgIpc) is 2.58. The van der Waals surface area contributed by atoms with Crippen LogP contribution in [-0.4, -0.2) is 42.8 Å². The van der Waals surface area contributed by atoms with Crippen molar-refractivity contribution >= 4 is 27.6 Å². The summed E-state index contributed by atoms with van der Waals surface area (Å²) in [6, 6.07) is 0. The second-order valence-electron chi connectivity index (χ2n) is 3.70. The highest BCUT2D eigenvalue weighted by atomic mass is 32.2. The van der Waals surface area contributed by atoms with Crippen molar-refractivity contribution in [2.75, 3.05) is 11.5 Å². The first-order valence-corrected chi connectivity index (χ1v) is 7.06. The van der Waals surface area contributed by atoms with Crippen LogP contribution in [0.2, 0.25) is 0 Å². The maximum absolute atomic E-state index is 11.3. The van der Waals surface area contributed by atoms with E-state index in [4.69, 9.17) is 0 Å². The molecule has 0 bridgehead atoms. The molecule has 0 atom stereocenters. The van der Waals surface area contributed by atoms with Gasteiger partial charge in [0.2, 0.25) is 0 Å². The van der Waals surface area contributed by atoms with Gasteiger partial charge in [-0.05, 0) is 0 Å². The molecule has 0 N–H and O–H groups in total. The fraction of sp³-hybridized carbons (Fsp3) is 0.500. The van der Waals surface area contributed by atoms with Gasteiger partial charge in [-0.3, -0.25) is 9.59 Å². The molecule has 1 saturated heterocycles. The molecule has 18 heavy (non-hydrogen) atoms. The molecule has 1 aliphatic rings. The average molecular weight is 275 g/mol. The predicted octanol–water partition coefficient (Wildman–Crippen LogP) is -0.415. The number of carbonyl (C=O) groups is 3. The van der Waals surface area contributed by atoms with Gasteiger partial charge >= 0.3 is 5.97 Å². The number of imide groups is 1. The number of carbonyl (C=O) groups excluding carboxylic acids is 3. The lowest BCUT2D eigenvalue weighted by molar-refractivity contribution is -0.197. The highest BCUT2D eigenvalue weighted by Gasteiger charge is 2.32. The van der Waals surface area contributed by atoms with E-state index < -0.39 is 39.8 Å². The van der Waals surface area contributed by atoms with Crippen LogP contribution in [0.25, 0.3) is 0 Å². The van der Waals surface area contributed by atoms with Crippen LogP contribution < -0.4 is 0 Å². The molecular formula is C10H13NO6S. The molecule has 0 aromatic rings. The Morgan fingerprint density at radius 1 is 1.33 bits per heavy atom. The van der Waals surface area contributed by atoms with E-state index in [-0.39, 0.29) is 18.6 Å². The number of amides is 2. The van der Waals surface area contributed by atoms with E-state index in [9.17, 15) is 22.8 Å². The van der Waals surface area contributed by atoms with E-state index in [0.29, 0.717) is 5.06 Å². The van der Waals surface area contributed by atoms with Crippen molar-refractivity contribution < 1.29 is 27.6 Å². The van der Waals surface area contributed by atoms with Crippen molar-refractivity contribution in [2.24, 2.45) is 0 Å². The minimum absolute atomic E-state index is 0.000869. The Labute approximate surface area is 104 Å². The Bertz CT molecular complexity index is 465. The molecule has 0 spiro atoms. The van der Waals surface area contributed by atoms with E-state index in [2.05, 4.69) is 11.4 Å². The summed E-state index contributed by atoms with van der Waals surface area (Å²) in [5, 5.41) is 0.391. The third-order valence-corrected chi connectivity index (χ3v) is 3.76. The van der Waals surface area contributed by atoms with Gasteiger partial charge in [-0.1, -0.05) is 6.08 Å². The van der Waals surface area contributed by atoms with Crippen molar-refractivity contribution in [3.8, 4) is 0 Å². The summed E-state index contributed by atoms with van der Waals surface area (Å²) in [6.07, 6.45) is 0.809. The second-order valence-corrected chi connectivity index (χ2v) is 5.93. The van der Waals surface area contributed by atoms with Crippen LogP contribution in [0.15, 0.2) is 12.7 Å². The topological polar surface area (TPSA) is 97.8 Å². The Morgan fingerprint density at radius 2 is 1.89 bits per heavy atom. The number of sulfone groups is 1. The van der Waals surface area contributed by atoms with E-state index >= 15 is 0 Å². The van der Waals surface area contributed by atoms with Gasteiger partial charge in [0.15, 0.2) is 9.84 Å². The van der Waals surface area contributed by atoms with Crippen molar-refractivity contribution in [2.45, 2.75) is 19.3 Å². The van der Waals surface area contributed by atoms with Crippen LogP contribution in [0.4, 0.5) is 0 Å². The van der Waals surface area contributed by atoms with Gasteiger partial charge < -0.3 is 4.84 Å². The smallest absolute Gasteiger partial charge is 0.330 e. The first kappa shape index (κ1) is 14.4. The predicted molar refractivity (Wildman–Crippen MR) is 60.6 cm³/mol. The number of hydroxylamine groups is 2. The Kier molecular flexibility index (Phi) is 4.60. The summed E-state index contributed by atoms with van der Waals surface area (Å²) in [5.74, 6) is -2.76. The van der Waals surface area contributed by atoms with Crippen molar-refractivity contribution in [1.29, 1.82) is 0 Å². The molecule has 1 rings (SSSR count). The van der Waals surface area contributed by atoms with Crippen LogP contribution in [0.1, 0.15) is 19.3 Å². The Morgan fingerprint density at radius 3 is 2.39 bits per heavy atom. The summed E-state index contributed by atoms with van der Waals surface area (Å²) in [4.78, 5) is 38.0. The molecule has 0 saturated carbocycles. The normalized spacial score (nSPS) is 15.9. The molecule has 2 amide bonds. The largest absolute Gasteiger partial charge is 0.334 e. The molecule has 1 aliphatic heterocycles. The van der Waals surface area contributed by atoms with Crippen LogP contribution in [0, 0.1) is 0 Å². The molecule has 0 unspecified atom stereocenters.